The number of aliphatic imine (C=N–C) groups is 1. The van der Waals surface area contributed by atoms with Gasteiger partial charge in [-0.2, -0.15) is 0 Å². The molecule has 0 fully saturated rings. The fourth-order valence-corrected chi connectivity index (χ4v) is 0.839. The van der Waals surface area contributed by atoms with E-state index in [0.717, 1.165) is 0 Å². The second-order valence-corrected chi connectivity index (χ2v) is 2.62. The molecule has 1 N–H and O–H groups in total. The van der Waals surface area contributed by atoms with Crippen molar-refractivity contribution in [2.45, 2.75) is 0 Å². The minimum atomic E-state index is 0.383. The highest BCUT2D eigenvalue weighted by Gasteiger charge is 2.07. The van der Waals surface area contributed by atoms with E-state index in [9.17, 15) is 0 Å². The number of nitrogens with zero attached hydrogens (tertiary/aromatic N) is 1. The summed E-state index contributed by atoms with van der Waals surface area (Å²) in [6, 6.07) is 0. The van der Waals surface area contributed by atoms with Crippen LogP contribution in [-0.2, 0) is 0 Å². The largest absolute Gasteiger partial charge is 0.321 e. The average molecular weight is 174 g/mol. The Morgan fingerprint density at radius 3 is 2.44 bits per heavy atom. The van der Waals surface area contributed by atoms with Crippen molar-refractivity contribution in [1.82, 2.24) is 5.32 Å². The molecule has 2 nitrogen and oxygen atoms in total. The standard InChI is InChI=1S/C4H2N2S3/c7-2-1-5-4(9)6-3(2)8/h1H,(H,6,8,9). The zero-order valence-corrected chi connectivity index (χ0v) is 6.70. The number of thiocarbonyl (C=S) groups is 3. The first-order valence-electron chi connectivity index (χ1n) is 2.13. The van der Waals surface area contributed by atoms with Crippen molar-refractivity contribution < 1.29 is 0 Å². The van der Waals surface area contributed by atoms with E-state index in [4.69, 9.17) is 24.4 Å². The summed E-state index contributed by atoms with van der Waals surface area (Å²) in [5.41, 5.74) is 0. The van der Waals surface area contributed by atoms with Crippen LogP contribution >= 0.6 is 36.7 Å². The Morgan fingerprint density at radius 1 is 1.33 bits per heavy atom. The van der Waals surface area contributed by atoms with Gasteiger partial charge in [-0.05, 0) is 12.2 Å². The average Bonchev–Trinajstić information content (AvgIpc) is 1.80. The van der Waals surface area contributed by atoms with E-state index in [2.05, 4.69) is 22.5 Å². The molecule has 0 bridgehead atoms. The molecule has 0 radical (unpaired) electrons. The van der Waals surface area contributed by atoms with E-state index in [-0.39, 0.29) is 0 Å². The molecule has 0 aromatic heterocycles. The molecule has 0 atom stereocenters. The molecule has 46 valence electrons. The summed E-state index contributed by atoms with van der Waals surface area (Å²) in [6.45, 7) is 0. The third-order valence-electron chi connectivity index (χ3n) is 0.743. The summed E-state index contributed by atoms with van der Waals surface area (Å²) in [6.07, 6.45) is 1.48. The van der Waals surface area contributed by atoms with Crippen molar-refractivity contribution >= 4 is 57.8 Å². The van der Waals surface area contributed by atoms with E-state index in [1.165, 1.54) is 6.21 Å². The molecule has 0 saturated heterocycles. The van der Waals surface area contributed by atoms with Crippen LogP contribution in [0.1, 0.15) is 0 Å². The topological polar surface area (TPSA) is 24.4 Å². The molecule has 1 aliphatic heterocycles. The first-order chi connectivity index (χ1) is 4.20. The maximum absolute atomic E-state index is 4.77. The molecule has 0 aliphatic carbocycles. The van der Waals surface area contributed by atoms with Gasteiger partial charge in [-0.3, -0.25) is 0 Å². The van der Waals surface area contributed by atoms with Gasteiger partial charge in [-0.25, -0.2) is 4.99 Å². The molecule has 0 aromatic rings. The first-order valence-corrected chi connectivity index (χ1v) is 3.36. The third kappa shape index (κ3) is 1.57. The van der Waals surface area contributed by atoms with E-state index >= 15 is 0 Å². The van der Waals surface area contributed by atoms with Gasteiger partial charge in [-0.15, -0.1) is 0 Å². The molecule has 0 amide bonds. The maximum Gasteiger partial charge on any atom is 0.197 e. The Balaban J connectivity index is 2.89. The molecule has 1 aliphatic rings. The zero-order valence-electron chi connectivity index (χ0n) is 4.25. The van der Waals surface area contributed by atoms with Gasteiger partial charge in [-0.1, -0.05) is 24.4 Å². The molecule has 0 aromatic carbocycles. The lowest BCUT2D eigenvalue weighted by atomic mass is 10.4. The normalized spacial score (nSPS) is 18.0. The molecular weight excluding hydrogens is 172 g/mol. The lowest BCUT2D eigenvalue weighted by molar-refractivity contribution is 1.42. The van der Waals surface area contributed by atoms with Gasteiger partial charge in [0.05, 0.1) is 11.1 Å². The van der Waals surface area contributed by atoms with Crippen LogP contribution in [0.15, 0.2) is 4.99 Å². The Labute approximate surface area is 68.3 Å². The van der Waals surface area contributed by atoms with Crippen molar-refractivity contribution in [3.63, 3.8) is 0 Å². The van der Waals surface area contributed by atoms with Gasteiger partial charge in [0.15, 0.2) is 5.11 Å². The van der Waals surface area contributed by atoms with Crippen molar-refractivity contribution in [2.75, 3.05) is 0 Å². The number of hydrogen-bond donors (Lipinski definition) is 1. The molecule has 0 spiro atoms. The van der Waals surface area contributed by atoms with Crippen LogP contribution in [-0.4, -0.2) is 21.2 Å². The van der Waals surface area contributed by atoms with Gasteiger partial charge in [0.25, 0.3) is 0 Å². The van der Waals surface area contributed by atoms with Crippen molar-refractivity contribution in [1.29, 1.82) is 0 Å². The molecule has 0 saturated carbocycles. The fourth-order valence-electron chi connectivity index (χ4n) is 0.367. The van der Waals surface area contributed by atoms with Crippen LogP contribution in [0.5, 0.6) is 0 Å². The van der Waals surface area contributed by atoms with Crippen LogP contribution in [0.3, 0.4) is 0 Å². The van der Waals surface area contributed by atoms with Gasteiger partial charge in [0, 0.05) is 0 Å². The molecular formula is C4H2N2S3. The van der Waals surface area contributed by atoms with E-state index in [0.29, 0.717) is 15.0 Å². The molecule has 1 rings (SSSR count). The molecule has 0 unspecified atom stereocenters. The summed E-state index contributed by atoms with van der Waals surface area (Å²) in [5, 5.41) is 3.04. The second-order valence-electron chi connectivity index (χ2n) is 1.38. The maximum atomic E-state index is 4.77. The SMILES string of the molecule is S=C1N=CC(=S)C(=S)N1. The van der Waals surface area contributed by atoms with Gasteiger partial charge >= 0.3 is 0 Å². The van der Waals surface area contributed by atoms with Crippen molar-refractivity contribution in [3.05, 3.63) is 0 Å². The van der Waals surface area contributed by atoms with Gasteiger partial charge in [0.2, 0.25) is 0 Å². The van der Waals surface area contributed by atoms with Crippen LogP contribution in [0.25, 0.3) is 0 Å². The van der Waals surface area contributed by atoms with E-state index < -0.39 is 0 Å². The van der Waals surface area contributed by atoms with Crippen LogP contribution in [0.2, 0.25) is 0 Å². The second kappa shape index (κ2) is 2.55. The van der Waals surface area contributed by atoms with Crippen molar-refractivity contribution in [3.8, 4) is 0 Å². The highest BCUT2D eigenvalue weighted by atomic mass is 32.1. The minimum absolute atomic E-state index is 0.383. The minimum Gasteiger partial charge on any atom is -0.321 e. The lowest BCUT2D eigenvalue weighted by Gasteiger charge is -2.07. The Hall–Kier alpha value is -0.260. The summed E-state index contributed by atoms with van der Waals surface area (Å²) in [7, 11) is 0. The lowest BCUT2D eigenvalue weighted by Crippen LogP contribution is -2.36. The summed E-state index contributed by atoms with van der Waals surface area (Å²) in [4.78, 5) is 4.76. The predicted octanol–water partition coefficient (Wildman–Crippen LogP) is 0.643. The number of hydrogen-bond acceptors (Lipinski definition) is 3. The Morgan fingerprint density at radius 2 is 2.00 bits per heavy atom. The van der Waals surface area contributed by atoms with Gasteiger partial charge < -0.3 is 5.32 Å². The smallest absolute Gasteiger partial charge is 0.197 e. The Bertz CT molecular complexity index is 218. The number of rotatable bonds is 0. The summed E-state index contributed by atoms with van der Waals surface area (Å²) in [5.74, 6) is 0. The van der Waals surface area contributed by atoms with Crippen LogP contribution in [0.4, 0.5) is 0 Å². The predicted molar refractivity (Wildman–Crippen MR) is 49.4 cm³/mol. The first kappa shape index (κ1) is 6.85. The Kier molecular flexibility index (Phi) is 1.94. The van der Waals surface area contributed by atoms with Gasteiger partial charge in [0.1, 0.15) is 4.99 Å². The molecule has 1 heterocycles. The molecule has 9 heavy (non-hydrogen) atoms. The fraction of sp³-hybridized carbons (Fsp3) is 0. The monoisotopic (exact) mass is 174 g/mol. The summed E-state index contributed by atoms with van der Waals surface area (Å²) < 4.78 is 0. The third-order valence-corrected chi connectivity index (χ3v) is 1.71. The zero-order chi connectivity index (χ0) is 6.85. The van der Waals surface area contributed by atoms with Crippen LogP contribution in [0, 0.1) is 0 Å². The highest BCUT2D eigenvalue weighted by Crippen LogP contribution is 1.88. The van der Waals surface area contributed by atoms with Crippen LogP contribution < -0.4 is 5.32 Å². The van der Waals surface area contributed by atoms with E-state index in [1.54, 1.807) is 0 Å². The molecule has 5 heteroatoms. The number of nitrogens with one attached hydrogen (secondary N) is 1. The van der Waals surface area contributed by atoms with Crippen molar-refractivity contribution in [2.24, 2.45) is 4.99 Å². The summed E-state index contributed by atoms with van der Waals surface area (Å²) >= 11 is 14.2. The quantitative estimate of drug-likeness (QED) is 0.545. The highest BCUT2D eigenvalue weighted by molar-refractivity contribution is 7.91. The van der Waals surface area contributed by atoms with E-state index in [1.807, 2.05) is 0 Å².